The van der Waals surface area contributed by atoms with Gasteiger partial charge in [-0.2, -0.15) is 0 Å². The molecule has 4 rings (SSSR count). The molecular formula is C32H32FNNa2O8. The quantitative estimate of drug-likeness (QED) is 0.177. The topological polar surface area (TPSA) is 128 Å². The Morgan fingerprint density at radius 1 is 0.932 bits per heavy atom. The first-order valence-electron chi connectivity index (χ1n) is 13.7. The third kappa shape index (κ3) is 9.69. The van der Waals surface area contributed by atoms with E-state index in [0.29, 0.717) is 29.5 Å². The molecule has 1 saturated heterocycles. The van der Waals surface area contributed by atoms with E-state index < -0.39 is 60.9 Å². The van der Waals surface area contributed by atoms with Gasteiger partial charge in [0.25, 0.3) is 12.4 Å². The van der Waals surface area contributed by atoms with E-state index in [4.69, 9.17) is 14.2 Å². The summed E-state index contributed by atoms with van der Waals surface area (Å²) in [6.45, 7) is 1.06. The second-order valence-corrected chi connectivity index (χ2v) is 9.99. The SMILES string of the molecule is CCO[C@@H]1O[C@H](C(=O)[O-])[C@@H](C(=O)N(CC(=O)[O-])[C@H](C)[C@H](CCc2ccccc2)c2ccc(-c3ccccc3)c(F)c2)O1.[Na+].[Na+]. The predicted molar refractivity (Wildman–Crippen MR) is 146 cm³/mol. The predicted octanol–water partition coefficient (Wildman–Crippen LogP) is -3.96. The Bertz CT molecular complexity index is 1380. The number of hydrogen-bond acceptors (Lipinski definition) is 8. The molecule has 1 amide bonds. The van der Waals surface area contributed by atoms with Crippen molar-refractivity contribution in [2.45, 2.75) is 57.3 Å². The first kappa shape index (κ1) is 38.1. The smallest absolute Gasteiger partial charge is 0.548 e. The Morgan fingerprint density at radius 2 is 1.55 bits per heavy atom. The van der Waals surface area contributed by atoms with Crippen molar-refractivity contribution in [2.75, 3.05) is 13.2 Å². The molecule has 9 nitrogen and oxygen atoms in total. The maximum absolute atomic E-state index is 15.5. The van der Waals surface area contributed by atoms with E-state index in [1.807, 2.05) is 48.5 Å². The zero-order valence-electron chi connectivity index (χ0n) is 25.3. The molecule has 1 fully saturated rings. The van der Waals surface area contributed by atoms with E-state index in [0.717, 1.165) is 10.5 Å². The molecule has 5 atom stereocenters. The van der Waals surface area contributed by atoms with Crippen molar-refractivity contribution in [2.24, 2.45) is 0 Å². The van der Waals surface area contributed by atoms with Gasteiger partial charge in [0.05, 0.1) is 18.5 Å². The fraction of sp³-hybridized carbons (Fsp3) is 0.344. The molecule has 12 heteroatoms. The number of carbonyl (C=O) groups is 3. The van der Waals surface area contributed by atoms with Crippen molar-refractivity contribution >= 4 is 17.8 Å². The van der Waals surface area contributed by atoms with E-state index in [2.05, 4.69) is 0 Å². The van der Waals surface area contributed by atoms with Gasteiger partial charge in [0, 0.05) is 24.1 Å². The molecule has 0 saturated carbocycles. The molecule has 0 unspecified atom stereocenters. The molecule has 0 aliphatic carbocycles. The Hall–Kier alpha value is -2.12. The molecule has 1 aliphatic heterocycles. The molecule has 3 aromatic rings. The molecule has 0 radical (unpaired) electrons. The van der Waals surface area contributed by atoms with E-state index in [1.165, 1.54) is 6.07 Å². The van der Waals surface area contributed by atoms with Gasteiger partial charge in [0.15, 0.2) is 6.10 Å². The standard InChI is InChI=1S/C32H34FNO8.2Na/c1-3-40-32-41-28(29(42-32)31(38)39)30(37)34(19-27(35)36)20(2)24(16-14-21-10-6-4-7-11-21)23-15-17-25(26(33)18-23)22-12-8-5-9-13-22;;/h4-13,15,17-18,20,24,28-29,32H,3,14,16,19H2,1-2H3,(H,35,36)(H,38,39);;/q;2*+1/p-2/t20-,24+,28+,29+,32+;;/m1../s1. The minimum absolute atomic E-state index is 0. The minimum atomic E-state index is -1.82. The molecule has 0 bridgehead atoms. The normalized spacial score (nSPS) is 18.8. The van der Waals surface area contributed by atoms with Crippen molar-refractivity contribution in [3.05, 3.63) is 95.8 Å². The molecule has 0 spiro atoms. The number of hydrogen-bond donors (Lipinski definition) is 0. The van der Waals surface area contributed by atoms with Crippen LogP contribution in [0.2, 0.25) is 0 Å². The van der Waals surface area contributed by atoms with Gasteiger partial charge < -0.3 is 38.9 Å². The Balaban J connectivity index is 0.00000337. The third-order valence-corrected chi connectivity index (χ3v) is 7.32. The molecule has 0 N–H and O–H groups in total. The van der Waals surface area contributed by atoms with Crippen LogP contribution in [-0.2, 0) is 35.0 Å². The van der Waals surface area contributed by atoms with Gasteiger partial charge in [0.2, 0.25) is 0 Å². The number of amides is 1. The van der Waals surface area contributed by atoms with Gasteiger partial charge in [-0.3, -0.25) is 4.79 Å². The van der Waals surface area contributed by atoms with Crippen LogP contribution in [0, 0.1) is 5.82 Å². The molecule has 44 heavy (non-hydrogen) atoms. The van der Waals surface area contributed by atoms with E-state index >= 15 is 4.39 Å². The van der Waals surface area contributed by atoms with Crippen LogP contribution in [0.15, 0.2) is 78.9 Å². The number of aryl methyl sites for hydroxylation is 1. The number of carboxylic acid groups (broad SMARTS) is 2. The zero-order chi connectivity index (χ0) is 30.2. The van der Waals surface area contributed by atoms with E-state index in [-0.39, 0.29) is 65.7 Å². The summed E-state index contributed by atoms with van der Waals surface area (Å²) in [5.41, 5.74) is 2.63. The van der Waals surface area contributed by atoms with E-state index in [9.17, 15) is 24.6 Å². The summed E-state index contributed by atoms with van der Waals surface area (Å²) in [5, 5.41) is 23.6. The number of rotatable bonds is 13. The second kappa shape index (κ2) is 18.1. The molecule has 3 aromatic carbocycles. The zero-order valence-corrected chi connectivity index (χ0v) is 29.3. The maximum Gasteiger partial charge on any atom is 1.00 e. The van der Waals surface area contributed by atoms with Crippen LogP contribution >= 0.6 is 0 Å². The van der Waals surface area contributed by atoms with Crippen molar-refractivity contribution in [3.63, 3.8) is 0 Å². The van der Waals surface area contributed by atoms with Crippen LogP contribution < -0.4 is 69.3 Å². The van der Waals surface area contributed by atoms with Gasteiger partial charge in [0.1, 0.15) is 11.9 Å². The number of aliphatic carboxylic acids is 2. The molecule has 222 valence electrons. The first-order chi connectivity index (χ1) is 20.2. The first-order valence-corrected chi connectivity index (χ1v) is 13.7. The van der Waals surface area contributed by atoms with E-state index in [1.54, 1.807) is 38.1 Å². The average Bonchev–Trinajstić information content (AvgIpc) is 3.41. The number of halogens is 1. The van der Waals surface area contributed by atoms with Crippen LogP contribution in [0.3, 0.4) is 0 Å². The number of nitrogens with zero attached hydrogens (tertiary/aromatic N) is 1. The van der Waals surface area contributed by atoms with Crippen LogP contribution in [0.4, 0.5) is 4.39 Å². The maximum atomic E-state index is 15.5. The number of carboxylic acids is 2. The summed E-state index contributed by atoms with van der Waals surface area (Å²) >= 11 is 0. The van der Waals surface area contributed by atoms with Crippen LogP contribution in [0.1, 0.15) is 37.3 Å². The van der Waals surface area contributed by atoms with Gasteiger partial charge >= 0.3 is 59.1 Å². The summed E-state index contributed by atoms with van der Waals surface area (Å²) in [4.78, 5) is 38.3. The summed E-state index contributed by atoms with van der Waals surface area (Å²) in [7, 11) is 0. The average molecular weight is 624 g/mol. The van der Waals surface area contributed by atoms with Crippen molar-refractivity contribution in [3.8, 4) is 11.1 Å². The van der Waals surface area contributed by atoms with Gasteiger partial charge in [-0.1, -0.05) is 72.8 Å². The fourth-order valence-electron chi connectivity index (χ4n) is 5.21. The largest absolute Gasteiger partial charge is 1.00 e. The fourth-order valence-corrected chi connectivity index (χ4v) is 5.21. The number of carbonyl (C=O) groups excluding carboxylic acids is 3. The summed E-state index contributed by atoms with van der Waals surface area (Å²) in [6, 6.07) is 22.5. The van der Waals surface area contributed by atoms with Crippen LogP contribution in [0.25, 0.3) is 11.1 Å². The van der Waals surface area contributed by atoms with Crippen LogP contribution in [0.5, 0.6) is 0 Å². The van der Waals surface area contributed by atoms with Crippen LogP contribution in [-0.4, -0.2) is 60.6 Å². The Kier molecular flexibility index (Phi) is 15.7. The van der Waals surface area contributed by atoms with Crippen molar-refractivity contribution in [1.82, 2.24) is 4.90 Å². The Morgan fingerprint density at radius 3 is 2.11 bits per heavy atom. The van der Waals surface area contributed by atoms with Crippen molar-refractivity contribution < 1.29 is 102 Å². The third-order valence-electron chi connectivity index (χ3n) is 7.32. The molecule has 0 aromatic heterocycles. The monoisotopic (exact) mass is 623 g/mol. The molecule has 1 aliphatic rings. The molecule has 1 heterocycles. The van der Waals surface area contributed by atoms with Gasteiger partial charge in [-0.05, 0) is 49.4 Å². The summed E-state index contributed by atoms with van der Waals surface area (Å²) in [5.74, 6) is -5.25. The Labute approximate surface area is 300 Å². The minimum Gasteiger partial charge on any atom is -0.548 e. The number of ether oxygens (including phenoxy) is 3. The number of benzene rings is 3. The van der Waals surface area contributed by atoms with Crippen molar-refractivity contribution in [1.29, 1.82) is 0 Å². The van der Waals surface area contributed by atoms with Gasteiger partial charge in [-0.15, -0.1) is 0 Å². The second-order valence-electron chi connectivity index (χ2n) is 9.99. The van der Waals surface area contributed by atoms with Gasteiger partial charge in [-0.25, -0.2) is 4.39 Å². The summed E-state index contributed by atoms with van der Waals surface area (Å²) < 4.78 is 31.3. The molecular weight excluding hydrogens is 591 g/mol. The summed E-state index contributed by atoms with van der Waals surface area (Å²) in [6.07, 6.45) is -2.58.